The Hall–Kier alpha value is -0.973. The molecule has 0 radical (unpaired) electrons. The molecule has 0 saturated carbocycles. The van der Waals surface area contributed by atoms with E-state index in [0.717, 1.165) is 23.9 Å². The predicted molar refractivity (Wildman–Crippen MR) is 117 cm³/mol. The first kappa shape index (κ1) is 23.3. The zero-order chi connectivity index (χ0) is 20.9. The fourth-order valence-corrected chi connectivity index (χ4v) is 4.01. The lowest BCUT2D eigenvalue weighted by Crippen LogP contribution is -2.42. The topological polar surface area (TPSA) is 84.3 Å². The lowest BCUT2D eigenvalue weighted by Gasteiger charge is -2.27. The molecule has 158 valence electrons. The minimum atomic E-state index is -1.22. The maximum Gasteiger partial charge on any atom is 0.177 e. The van der Waals surface area contributed by atoms with Crippen molar-refractivity contribution in [2.45, 2.75) is 64.0 Å². The Labute approximate surface area is 172 Å². The Morgan fingerprint density at radius 2 is 2.00 bits per heavy atom. The number of fused-ring (bicyclic) bond motifs is 1. The molecular weight excluding hydrogens is 392 g/mol. The normalized spacial score (nSPS) is 15.1. The number of methoxy groups -OCH3 is 1. The first-order chi connectivity index (χ1) is 13.0. The van der Waals surface area contributed by atoms with Gasteiger partial charge in [0.25, 0.3) is 0 Å². The molecule has 2 aromatic rings. The Morgan fingerprint density at radius 1 is 1.29 bits per heavy atom. The van der Waals surface area contributed by atoms with Gasteiger partial charge < -0.3 is 18.6 Å². The number of hydrogen-bond donors (Lipinski definition) is 1. The number of ether oxygens (including phenoxy) is 2. The third-order valence-electron chi connectivity index (χ3n) is 4.23. The summed E-state index contributed by atoms with van der Waals surface area (Å²) in [7, 11) is 0.531. The molecular formula is C19H34N4O3SSi. The van der Waals surface area contributed by atoms with Gasteiger partial charge >= 0.3 is 0 Å². The molecule has 0 aromatic carbocycles. The van der Waals surface area contributed by atoms with Gasteiger partial charge in [-0.15, -0.1) is 4.72 Å². The predicted octanol–water partition coefficient (Wildman–Crippen LogP) is 3.48. The van der Waals surface area contributed by atoms with Crippen LogP contribution in [-0.2, 0) is 27.6 Å². The number of imidazole rings is 1. The summed E-state index contributed by atoms with van der Waals surface area (Å²) >= 11 is -1.22. The summed E-state index contributed by atoms with van der Waals surface area (Å²) in [5, 5.41) is 0. The molecule has 28 heavy (non-hydrogen) atoms. The largest absolute Gasteiger partial charge is 0.598 e. The molecule has 2 aromatic heterocycles. The monoisotopic (exact) mass is 426 g/mol. The fraction of sp³-hybridized carbons (Fsp3) is 0.684. The van der Waals surface area contributed by atoms with Crippen LogP contribution < -0.4 is 4.72 Å². The van der Waals surface area contributed by atoms with E-state index in [1.54, 1.807) is 13.4 Å². The van der Waals surface area contributed by atoms with Gasteiger partial charge in [0.2, 0.25) is 0 Å². The standard InChI is InChI=1S/C19H34N4O3SSi/c1-19(2,3)27(24)22-16(12-25-4)15-8-9-17-18(21-15)20-13-23(17)14-26-10-11-28(5,6)7/h8-9,13,16,22H,10-12,14H2,1-7H3/t16-,27?/m1/s1. The molecule has 0 spiro atoms. The summed E-state index contributed by atoms with van der Waals surface area (Å²) in [5.74, 6) is 0. The molecule has 0 aliphatic heterocycles. The van der Waals surface area contributed by atoms with Crippen LogP contribution in [0.1, 0.15) is 32.5 Å². The van der Waals surface area contributed by atoms with E-state index < -0.39 is 19.4 Å². The number of hydrogen-bond acceptors (Lipinski definition) is 6. The highest BCUT2D eigenvalue weighted by Gasteiger charge is 2.30. The zero-order valence-corrected chi connectivity index (χ0v) is 19.9. The Balaban J connectivity index is 2.10. The van der Waals surface area contributed by atoms with E-state index in [9.17, 15) is 4.55 Å². The molecule has 0 aliphatic carbocycles. The van der Waals surface area contributed by atoms with Crippen molar-refractivity contribution in [1.29, 1.82) is 0 Å². The van der Waals surface area contributed by atoms with Crippen molar-refractivity contribution in [1.82, 2.24) is 19.3 Å². The van der Waals surface area contributed by atoms with E-state index in [1.807, 2.05) is 37.5 Å². The van der Waals surface area contributed by atoms with Crippen LogP contribution in [0, 0.1) is 0 Å². The van der Waals surface area contributed by atoms with Gasteiger partial charge in [0, 0.05) is 33.2 Å². The molecule has 1 N–H and O–H groups in total. The number of aromatic nitrogens is 3. The second-order valence-electron chi connectivity index (χ2n) is 9.15. The van der Waals surface area contributed by atoms with E-state index >= 15 is 0 Å². The van der Waals surface area contributed by atoms with Crippen molar-refractivity contribution in [3.63, 3.8) is 0 Å². The quantitative estimate of drug-likeness (QED) is 0.356. The smallest absolute Gasteiger partial charge is 0.177 e. The number of nitrogens with one attached hydrogen (secondary N) is 1. The molecule has 0 aliphatic rings. The Morgan fingerprint density at radius 3 is 2.61 bits per heavy atom. The van der Waals surface area contributed by atoms with Gasteiger partial charge in [-0.05, 0) is 38.9 Å². The van der Waals surface area contributed by atoms with Crippen LogP contribution in [0.25, 0.3) is 11.2 Å². The third kappa shape index (κ3) is 6.82. The van der Waals surface area contributed by atoms with E-state index in [2.05, 4.69) is 34.3 Å². The van der Waals surface area contributed by atoms with Gasteiger partial charge in [0.05, 0.1) is 24.1 Å². The summed E-state index contributed by atoms with van der Waals surface area (Å²) in [4.78, 5) is 9.07. The second kappa shape index (κ2) is 9.68. The second-order valence-corrected chi connectivity index (χ2v) is 16.8. The van der Waals surface area contributed by atoms with Crippen LogP contribution in [0.15, 0.2) is 18.5 Å². The van der Waals surface area contributed by atoms with Crippen molar-refractivity contribution in [3.8, 4) is 0 Å². The lowest BCUT2D eigenvalue weighted by molar-refractivity contribution is 0.0898. The zero-order valence-electron chi connectivity index (χ0n) is 18.1. The van der Waals surface area contributed by atoms with Crippen molar-refractivity contribution in [2.24, 2.45) is 0 Å². The summed E-state index contributed by atoms with van der Waals surface area (Å²) in [6, 6.07) is 4.78. The van der Waals surface area contributed by atoms with Crippen LogP contribution in [-0.4, -0.2) is 52.2 Å². The van der Waals surface area contributed by atoms with E-state index in [4.69, 9.17) is 9.47 Å². The first-order valence-electron chi connectivity index (χ1n) is 9.58. The molecule has 2 atom stereocenters. The first-order valence-corrected chi connectivity index (χ1v) is 14.4. The Kier molecular flexibility index (Phi) is 8.06. The summed E-state index contributed by atoms with van der Waals surface area (Å²) in [6.07, 6.45) is 1.75. The van der Waals surface area contributed by atoms with Crippen molar-refractivity contribution >= 4 is 30.6 Å². The molecule has 9 heteroatoms. The maximum absolute atomic E-state index is 12.5. The number of nitrogens with zero attached hydrogens (tertiary/aromatic N) is 3. The van der Waals surface area contributed by atoms with Gasteiger partial charge in [-0.3, -0.25) is 0 Å². The minimum absolute atomic E-state index is 0.271. The van der Waals surface area contributed by atoms with Crippen molar-refractivity contribution in [3.05, 3.63) is 24.2 Å². The van der Waals surface area contributed by atoms with Gasteiger partial charge in [-0.25, -0.2) is 9.97 Å². The van der Waals surface area contributed by atoms with Crippen LogP contribution in [0.3, 0.4) is 0 Å². The molecule has 0 fully saturated rings. The van der Waals surface area contributed by atoms with Crippen LogP contribution >= 0.6 is 0 Å². The minimum Gasteiger partial charge on any atom is -0.598 e. The number of rotatable bonds is 10. The molecule has 2 rings (SSSR count). The van der Waals surface area contributed by atoms with Crippen LogP contribution in [0.5, 0.6) is 0 Å². The molecule has 0 bridgehead atoms. The third-order valence-corrected chi connectivity index (χ3v) is 7.54. The summed E-state index contributed by atoms with van der Waals surface area (Å²) < 4.78 is 28.3. The highest BCUT2D eigenvalue weighted by atomic mass is 32.2. The molecule has 7 nitrogen and oxygen atoms in total. The van der Waals surface area contributed by atoms with E-state index in [-0.39, 0.29) is 10.8 Å². The number of pyridine rings is 1. The van der Waals surface area contributed by atoms with Gasteiger partial charge in [0.15, 0.2) is 5.65 Å². The summed E-state index contributed by atoms with van der Waals surface area (Å²) in [5.41, 5.74) is 2.33. The molecule has 2 heterocycles. The van der Waals surface area contributed by atoms with Crippen LogP contribution in [0.2, 0.25) is 25.7 Å². The summed E-state index contributed by atoms with van der Waals surface area (Å²) in [6.45, 7) is 14.4. The SMILES string of the molecule is COC[C@@H](N[S+]([O-])C(C)(C)C)c1ccc2c(ncn2COCC[Si](C)(C)C)n1. The van der Waals surface area contributed by atoms with Crippen LogP contribution in [0.4, 0.5) is 0 Å². The maximum atomic E-state index is 12.5. The van der Waals surface area contributed by atoms with Gasteiger partial charge in [-0.2, -0.15) is 0 Å². The molecule has 0 amide bonds. The fourth-order valence-electron chi connectivity index (χ4n) is 2.45. The van der Waals surface area contributed by atoms with Gasteiger partial charge in [-0.1, -0.05) is 19.6 Å². The van der Waals surface area contributed by atoms with Gasteiger partial charge in [0.1, 0.15) is 17.5 Å². The van der Waals surface area contributed by atoms with E-state index in [1.165, 1.54) is 0 Å². The lowest BCUT2D eigenvalue weighted by atomic mass is 10.2. The molecule has 1 unspecified atom stereocenters. The van der Waals surface area contributed by atoms with Crippen molar-refractivity contribution < 1.29 is 14.0 Å². The van der Waals surface area contributed by atoms with E-state index in [0.29, 0.717) is 19.0 Å². The Bertz CT molecular complexity index is 758. The highest BCUT2D eigenvalue weighted by Crippen LogP contribution is 2.21. The average Bonchev–Trinajstić information content (AvgIpc) is 2.99. The molecule has 0 saturated heterocycles. The van der Waals surface area contributed by atoms with Crippen molar-refractivity contribution in [2.75, 3.05) is 20.3 Å². The average molecular weight is 427 g/mol. The highest BCUT2D eigenvalue weighted by molar-refractivity contribution is 7.90.